The number of hydrogen-bond donors (Lipinski definition) is 3. The first-order valence-corrected chi connectivity index (χ1v) is 9.11. The minimum Gasteiger partial charge on any atom is -0.349 e. The van der Waals surface area contributed by atoms with Crippen LogP contribution in [0, 0.1) is 0 Å². The maximum Gasteiger partial charge on any atom is 0.274 e. The quantitative estimate of drug-likeness (QED) is 0.481. The molecule has 0 bridgehead atoms. The number of aryl methyl sites for hydroxylation is 1. The molecule has 1 unspecified atom stereocenters. The van der Waals surface area contributed by atoms with Crippen molar-refractivity contribution in [2.45, 2.75) is 25.3 Å². The molecule has 1 aliphatic rings. The maximum absolute atomic E-state index is 12.6. The SMILES string of the molecule is O=C(NO)c1ccc2c(c1)CCC(NC(=O)c1cnn(-c3ccccc3)c1)C2. The van der Waals surface area contributed by atoms with E-state index in [-0.39, 0.29) is 11.9 Å². The van der Waals surface area contributed by atoms with Crippen molar-refractivity contribution >= 4 is 11.8 Å². The zero-order valence-corrected chi connectivity index (χ0v) is 15.1. The van der Waals surface area contributed by atoms with Crippen LogP contribution in [0.15, 0.2) is 60.9 Å². The molecule has 0 saturated carbocycles. The molecule has 3 N–H and O–H groups in total. The van der Waals surface area contributed by atoms with Gasteiger partial charge in [0.15, 0.2) is 0 Å². The minimum atomic E-state index is -0.520. The molecule has 1 heterocycles. The summed E-state index contributed by atoms with van der Waals surface area (Å²) in [6.07, 6.45) is 5.54. The highest BCUT2D eigenvalue weighted by Gasteiger charge is 2.22. The molecule has 4 rings (SSSR count). The number of benzene rings is 2. The molecule has 1 atom stereocenters. The van der Waals surface area contributed by atoms with E-state index in [2.05, 4.69) is 10.4 Å². The lowest BCUT2D eigenvalue weighted by Crippen LogP contribution is -2.38. The molecule has 1 aliphatic carbocycles. The van der Waals surface area contributed by atoms with E-state index in [0.717, 1.165) is 29.7 Å². The Hall–Kier alpha value is -3.45. The van der Waals surface area contributed by atoms with Gasteiger partial charge in [-0.1, -0.05) is 24.3 Å². The van der Waals surface area contributed by atoms with E-state index in [9.17, 15) is 9.59 Å². The van der Waals surface area contributed by atoms with Gasteiger partial charge in [-0.15, -0.1) is 0 Å². The van der Waals surface area contributed by atoms with Gasteiger partial charge in [-0.25, -0.2) is 10.2 Å². The smallest absolute Gasteiger partial charge is 0.274 e. The topological polar surface area (TPSA) is 96.2 Å². The number of amides is 2. The van der Waals surface area contributed by atoms with Crippen LogP contribution in [0.1, 0.15) is 38.3 Å². The lowest BCUT2D eigenvalue weighted by Gasteiger charge is -2.25. The number of fused-ring (bicyclic) bond motifs is 1. The number of aromatic nitrogens is 2. The van der Waals surface area contributed by atoms with Crippen LogP contribution in [0.3, 0.4) is 0 Å². The third-order valence-electron chi connectivity index (χ3n) is 5.00. The van der Waals surface area contributed by atoms with Crippen LogP contribution in [-0.2, 0) is 12.8 Å². The molecule has 0 radical (unpaired) electrons. The standard InChI is InChI=1S/C21H20N4O3/c26-20(17-12-22-25(13-17)19-4-2-1-3-5-19)23-18-9-8-14-10-16(21(27)24-28)7-6-15(14)11-18/h1-7,10,12-13,18,28H,8-9,11H2,(H,23,26)(H,24,27). The van der Waals surface area contributed by atoms with Crippen molar-refractivity contribution < 1.29 is 14.8 Å². The Kier molecular flexibility index (Phi) is 4.90. The van der Waals surface area contributed by atoms with Gasteiger partial charge in [0.1, 0.15) is 0 Å². The van der Waals surface area contributed by atoms with E-state index in [4.69, 9.17) is 5.21 Å². The Balaban J connectivity index is 1.42. The van der Waals surface area contributed by atoms with Gasteiger partial charge in [0.25, 0.3) is 11.8 Å². The predicted octanol–water partition coefficient (Wildman–Crippen LogP) is 2.28. The first-order valence-electron chi connectivity index (χ1n) is 9.11. The molecular formula is C21H20N4O3. The molecule has 1 aromatic heterocycles. The van der Waals surface area contributed by atoms with Gasteiger partial charge >= 0.3 is 0 Å². The third-order valence-corrected chi connectivity index (χ3v) is 5.00. The Labute approximate surface area is 162 Å². The minimum absolute atomic E-state index is 0.0255. The highest BCUT2D eigenvalue weighted by Crippen LogP contribution is 2.23. The monoisotopic (exact) mass is 376 g/mol. The Morgan fingerprint density at radius 3 is 2.64 bits per heavy atom. The van der Waals surface area contributed by atoms with E-state index < -0.39 is 5.91 Å². The van der Waals surface area contributed by atoms with E-state index >= 15 is 0 Å². The van der Waals surface area contributed by atoms with Crippen LogP contribution in [0.4, 0.5) is 0 Å². The van der Waals surface area contributed by atoms with Gasteiger partial charge in [-0.05, 0) is 54.7 Å². The van der Waals surface area contributed by atoms with Crippen molar-refractivity contribution in [2.75, 3.05) is 0 Å². The summed E-state index contributed by atoms with van der Waals surface area (Å²) in [6, 6.07) is 15.0. The maximum atomic E-state index is 12.6. The largest absolute Gasteiger partial charge is 0.349 e. The first kappa shape index (κ1) is 17.9. The van der Waals surface area contributed by atoms with E-state index in [1.54, 1.807) is 34.7 Å². The first-order chi connectivity index (χ1) is 13.6. The summed E-state index contributed by atoms with van der Waals surface area (Å²) in [5.74, 6) is -0.666. The number of rotatable bonds is 4. The molecule has 0 aliphatic heterocycles. The van der Waals surface area contributed by atoms with E-state index in [1.165, 1.54) is 0 Å². The molecule has 7 nitrogen and oxygen atoms in total. The fraction of sp³-hybridized carbons (Fsp3) is 0.190. The Morgan fingerprint density at radius 1 is 1.04 bits per heavy atom. The second-order valence-electron chi connectivity index (χ2n) is 6.85. The van der Waals surface area contributed by atoms with Crippen LogP contribution in [0.2, 0.25) is 0 Å². The van der Waals surface area contributed by atoms with Gasteiger partial charge in [0.2, 0.25) is 0 Å². The molecule has 0 saturated heterocycles. The van der Waals surface area contributed by atoms with Crippen molar-refractivity contribution in [1.29, 1.82) is 0 Å². The highest BCUT2D eigenvalue weighted by atomic mass is 16.5. The number of nitrogens with zero attached hydrogens (tertiary/aromatic N) is 2. The molecule has 7 heteroatoms. The average Bonchev–Trinajstić information content (AvgIpc) is 3.24. The van der Waals surface area contributed by atoms with E-state index in [1.807, 2.05) is 36.4 Å². The second-order valence-corrected chi connectivity index (χ2v) is 6.85. The van der Waals surface area contributed by atoms with Crippen LogP contribution in [0.25, 0.3) is 5.69 Å². The zero-order valence-electron chi connectivity index (χ0n) is 15.1. The lowest BCUT2D eigenvalue weighted by molar-refractivity contribution is 0.0706. The van der Waals surface area contributed by atoms with E-state index in [0.29, 0.717) is 17.5 Å². The molecular weight excluding hydrogens is 356 g/mol. The van der Waals surface area contributed by atoms with Crippen molar-refractivity contribution in [2.24, 2.45) is 0 Å². The molecule has 2 aromatic carbocycles. The number of para-hydroxylation sites is 1. The molecule has 0 fully saturated rings. The lowest BCUT2D eigenvalue weighted by atomic mass is 9.87. The van der Waals surface area contributed by atoms with Gasteiger partial charge in [0, 0.05) is 17.8 Å². The molecule has 28 heavy (non-hydrogen) atoms. The number of hydrogen-bond acceptors (Lipinski definition) is 4. The van der Waals surface area contributed by atoms with Crippen LogP contribution >= 0.6 is 0 Å². The van der Waals surface area contributed by atoms with Crippen molar-refractivity contribution in [3.63, 3.8) is 0 Å². The third kappa shape index (κ3) is 3.65. The van der Waals surface area contributed by atoms with Crippen LogP contribution in [-0.4, -0.2) is 32.8 Å². The summed E-state index contributed by atoms with van der Waals surface area (Å²) in [6.45, 7) is 0. The van der Waals surface area contributed by atoms with Gasteiger partial charge < -0.3 is 5.32 Å². The van der Waals surface area contributed by atoms with Gasteiger partial charge in [0.05, 0.1) is 17.4 Å². The number of hydroxylamine groups is 1. The highest BCUT2D eigenvalue weighted by molar-refractivity contribution is 5.94. The molecule has 3 aromatic rings. The summed E-state index contributed by atoms with van der Waals surface area (Å²) < 4.78 is 1.68. The van der Waals surface area contributed by atoms with Crippen molar-refractivity contribution in [3.05, 3.63) is 83.2 Å². The predicted molar refractivity (Wildman–Crippen MR) is 103 cm³/mol. The number of carbonyl (C=O) groups excluding carboxylic acids is 2. The Morgan fingerprint density at radius 2 is 1.86 bits per heavy atom. The fourth-order valence-electron chi connectivity index (χ4n) is 3.51. The molecule has 142 valence electrons. The summed E-state index contributed by atoms with van der Waals surface area (Å²) in [5.41, 5.74) is 5.67. The molecule has 2 amide bonds. The normalized spacial score (nSPS) is 15.5. The van der Waals surface area contributed by atoms with Crippen molar-refractivity contribution in [3.8, 4) is 5.69 Å². The summed E-state index contributed by atoms with van der Waals surface area (Å²) >= 11 is 0. The van der Waals surface area contributed by atoms with Crippen LogP contribution < -0.4 is 10.8 Å². The van der Waals surface area contributed by atoms with Crippen LogP contribution in [0.5, 0.6) is 0 Å². The fourth-order valence-corrected chi connectivity index (χ4v) is 3.51. The number of nitrogens with one attached hydrogen (secondary N) is 2. The summed E-state index contributed by atoms with van der Waals surface area (Å²) in [4.78, 5) is 24.2. The average molecular weight is 376 g/mol. The summed E-state index contributed by atoms with van der Waals surface area (Å²) in [5, 5.41) is 16.1. The Bertz CT molecular complexity index is 1010. The molecule has 0 spiro atoms. The zero-order chi connectivity index (χ0) is 19.5. The number of carbonyl (C=O) groups is 2. The van der Waals surface area contributed by atoms with Gasteiger partial charge in [-0.2, -0.15) is 5.10 Å². The van der Waals surface area contributed by atoms with Crippen molar-refractivity contribution in [1.82, 2.24) is 20.6 Å². The van der Waals surface area contributed by atoms with Gasteiger partial charge in [-0.3, -0.25) is 14.8 Å². The summed E-state index contributed by atoms with van der Waals surface area (Å²) in [7, 11) is 0. The second kappa shape index (κ2) is 7.66.